The molecule has 24 heavy (non-hydrogen) atoms. The Morgan fingerprint density at radius 2 is 1.79 bits per heavy atom. The Morgan fingerprint density at radius 3 is 2.33 bits per heavy atom. The highest BCUT2D eigenvalue weighted by Gasteiger charge is 2.59. The summed E-state index contributed by atoms with van der Waals surface area (Å²) in [5.41, 5.74) is 0.117. The van der Waals surface area contributed by atoms with Crippen molar-refractivity contribution in [3.63, 3.8) is 0 Å². The van der Waals surface area contributed by atoms with Crippen LogP contribution in [0.15, 0.2) is 33.8 Å². The van der Waals surface area contributed by atoms with Crippen LogP contribution in [0.5, 0.6) is 0 Å². The van der Waals surface area contributed by atoms with E-state index in [1.165, 1.54) is 6.92 Å². The van der Waals surface area contributed by atoms with Gasteiger partial charge >= 0.3 is 5.97 Å². The molecular weight excluding hydrogens is 382 g/mol. The van der Waals surface area contributed by atoms with Gasteiger partial charge in [0.05, 0.1) is 12.8 Å². The van der Waals surface area contributed by atoms with Crippen LogP contribution >= 0.6 is 15.9 Å². The van der Waals surface area contributed by atoms with Crippen molar-refractivity contribution in [1.82, 2.24) is 5.01 Å². The molecule has 2 atom stereocenters. The van der Waals surface area contributed by atoms with Crippen molar-refractivity contribution in [3.8, 4) is 0 Å². The second-order valence-electron chi connectivity index (χ2n) is 5.25. The zero-order valence-corrected chi connectivity index (χ0v) is 14.3. The maximum atomic E-state index is 12.7. The van der Waals surface area contributed by atoms with Crippen LogP contribution in [0.25, 0.3) is 0 Å². The molecule has 9 heteroatoms. The van der Waals surface area contributed by atoms with Crippen LogP contribution in [0.3, 0.4) is 0 Å². The first kappa shape index (κ1) is 16.3. The quantitative estimate of drug-likeness (QED) is 0.544. The Balaban J connectivity index is 2.05. The summed E-state index contributed by atoms with van der Waals surface area (Å²) in [5, 5.41) is 4.71. The number of nitrogens with zero attached hydrogens (tertiary/aromatic N) is 3. The van der Waals surface area contributed by atoms with Crippen molar-refractivity contribution in [3.05, 3.63) is 28.7 Å². The van der Waals surface area contributed by atoms with Crippen molar-refractivity contribution in [2.45, 2.75) is 13.0 Å². The smallest absolute Gasteiger partial charge is 0.355 e. The highest BCUT2D eigenvalue weighted by Crippen LogP contribution is 2.35. The van der Waals surface area contributed by atoms with Crippen LogP contribution in [0.1, 0.15) is 6.92 Å². The van der Waals surface area contributed by atoms with Crippen LogP contribution in [0.2, 0.25) is 0 Å². The molecule has 8 nitrogen and oxygen atoms in total. The fourth-order valence-corrected chi connectivity index (χ4v) is 3.06. The maximum Gasteiger partial charge on any atom is 0.355 e. The van der Waals surface area contributed by atoms with Gasteiger partial charge in [-0.1, -0.05) is 15.9 Å². The van der Waals surface area contributed by atoms with E-state index in [9.17, 15) is 19.2 Å². The zero-order valence-electron chi connectivity index (χ0n) is 12.7. The average molecular weight is 394 g/mol. The van der Waals surface area contributed by atoms with Gasteiger partial charge in [0.1, 0.15) is 5.92 Å². The molecule has 0 N–H and O–H groups in total. The van der Waals surface area contributed by atoms with Gasteiger partial charge in [-0.2, -0.15) is 5.10 Å². The Hall–Kier alpha value is -2.55. The van der Waals surface area contributed by atoms with Gasteiger partial charge in [-0.25, -0.2) is 14.7 Å². The molecule has 0 saturated carbocycles. The number of amides is 3. The molecule has 1 saturated heterocycles. The van der Waals surface area contributed by atoms with Crippen LogP contribution in [-0.2, 0) is 23.9 Å². The van der Waals surface area contributed by atoms with Crippen molar-refractivity contribution in [2.75, 3.05) is 12.0 Å². The Labute approximate surface area is 145 Å². The number of carbonyl (C=O) groups is 4. The molecule has 3 amide bonds. The molecule has 1 fully saturated rings. The Morgan fingerprint density at radius 1 is 1.17 bits per heavy atom. The molecule has 124 valence electrons. The van der Waals surface area contributed by atoms with Crippen molar-refractivity contribution in [2.24, 2.45) is 11.0 Å². The Kier molecular flexibility index (Phi) is 3.96. The molecule has 2 heterocycles. The molecule has 0 radical (unpaired) electrons. The number of rotatable bonds is 2. The third-order valence-corrected chi connectivity index (χ3v) is 4.38. The molecule has 2 aliphatic rings. The second kappa shape index (κ2) is 5.82. The minimum absolute atomic E-state index is 0.240. The first-order valence-corrected chi connectivity index (χ1v) is 7.76. The number of hydrazone groups is 1. The summed E-state index contributed by atoms with van der Waals surface area (Å²) >= 11 is 3.28. The number of methoxy groups -OCH3 is 1. The van der Waals surface area contributed by atoms with E-state index in [-0.39, 0.29) is 5.71 Å². The predicted octanol–water partition coefficient (Wildman–Crippen LogP) is 0.698. The molecule has 0 aromatic heterocycles. The van der Waals surface area contributed by atoms with E-state index >= 15 is 0 Å². The van der Waals surface area contributed by atoms with E-state index < -0.39 is 35.7 Å². The third-order valence-electron chi connectivity index (χ3n) is 3.85. The van der Waals surface area contributed by atoms with Gasteiger partial charge in [-0.05, 0) is 24.3 Å². The highest BCUT2D eigenvalue weighted by molar-refractivity contribution is 9.10. The standard InChI is InChI=1S/C15H12BrN3O5/c1-7(20)19-12-10(11(17-19)15(23)24-2)13(21)18(14(12)22)9-5-3-8(16)4-6-9/h3-6,10,12H,1-2H3/t10-,12+/m1/s1. The zero-order chi connectivity index (χ0) is 17.6. The largest absolute Gasteiger partial charge is 0.464 e. The number of imide groups is 1. The average Bonchev–Trinajstić information content (AvgIpc) is 3.06. The molecule has 2 aliphatic heterocycles. The molecule has 0 spiro atoms. The van der Waals surface area contributed by atoms with Crippen LogP contribution in [-0.4, -0.2) is 47.6 Å². The number of carbonyl (C=O) groups excluding carboxylic acids is 4. The van der Waals surface area contributed by atoms with E-state index in [0.29, 0.717) is 5.69 Å². The first-order chi connectivity index (χ1) is 11.4. The maximum absolute atomic E-state index is 12.7. The van der Waals surface area contributed by atoms with Gasteiger partial charge in [0, 0.05) is 11.4 Å². The van der Waals surface area contributed by atoms with Gasteiger partial charge < -0.3 is 4.74 Å². The fourth-order valence-electron chi connectivity index (χ4n) is 2.79. The van der Waals surface area contributed by atoms with Gasteiger partial charge in [0.15, 0.2) is 11.8 Å². The molecule has 3 rings (SSSR count). The summed E-state index contributed by atoms with van der Waals surface area (Å²) in [6.07, 6.45) is 0. The van der Waals surface area contributed by atoms with Crippen LogP contribution < -0.4 is 4.90 Å². The number of hydrogen-bond donors (Lipinski definition) is 0. The number of fused-ring (bicyclic) bond motifs is 1. The number of esters is 1. The van der Waals surface area contributed by atoms with Crippen LogP contribution in [0, 0.1) is 5.92 Å². The summed E-state index contributed by atoms with van der Waals surface area (Å²) < 4.78 is 5.40. The van der Waals surface area contributed by atoms with E-state index in [4.69, 9.17) is 0 Å². The van der Waals surface area contributed by atoms with Gasteiger partial charge in [-0.3, -0.25) is 14.4 Å². The monoisotopic (exact) mass is 393 g/mol. The lowest BCUT2D eigenvalue weighted by Gasteiger charge is -2.19. The van der Waals surface area contributed by atoms with Gasteiger partial charge in [-0.15, -0.1) is 0 Å². The highest BCUT2D eigenvalue weighted by atomic mass is 79.9. The lowest BCUT2D eigenvalue weighted by molar-refractivity contribution is -0.136. The summed E-state index contributed by atoms with van der Waals surface area (Å²) in [6.45, 7) is 1.21. The SMILES string of the molecule is COC(=O)C1=NN(C(C)=O)[C@@H]2C(=O)N(c3ccc(Br)cc3)C(=O)[C@H]12. The topological polar surface area (TPSA) is 96.3 Å². The number of halogens is 1. The summed E-state index contributed by atoms with van der Waals surface area (Å²) in [5.74, 6) is -3.75. The Bertz CT molecular complexity index is 789. The number of ether oxygens (including phenoxy) is 1. The molecule has 1 aromatic carbocycles. The molecule has 0 aliphatic carbocycles. The van der Waals surface area contributed by atoms with Crippen molar-refractivity contribution >= 4 is 51.0 Å². The molecule has 0 bridgehead atoms. The van der Waals surface area contributed by atoms with Gasteiger partial charge in [0.25, 0.3) is 5.91 Å². The normalized spacial score (nSPS) is 22.5. The third kappa shape index (κ3) is 2.32. The number of anilines is 1. The summed E-state index contributed by atoms with van der Waals surface area (Å²) in [6, 6.07) is 5.39. The summed E-state index contributed by atoms with van der Waals surface area (Å²) in [4.78, 5) is 50.1. The second-order valence-corrected chi connectivity index (χ2v) is 6.17. The molecule has 0 unspecified atom stereocenters. The molecular formula is C15H12BrN3O5. The van der Waals surface area contributed by atoms with Gasteiger partial charge in [0.2, 0.25) is 11.8 Å². The molecule has 1 aromatic rings. The minimum Gasteiger partial charge on any atom is -0.464 e. The lowest BCUT2D eigenvalue weighted by Crippen LogP contribution is -2.41. The van der Waals surface area contributed by atoms with E-state index in [1.54, 1.807) is 24.3 Å². The minimum atomic E-state index is -1.16. The first-order valence-electron chi connectivity index (χ1n) is 6.96. The lowest BCUT2D eigenvalue weighted by atomic mass is 9.98. The predicted molar refractivity (Wildman–Crippen MR) is 85.9 cm³/mol. The van der Waals surface area contributed by atoms with E-state index in [1.807, 2.05) is 0 Å². The number of benzene rings is 1. The fraction of sp³-hybridized carbons (Fsp3) is 0.267. The van der Waals surface area contributed by atoms with Crippen LogP contribution in [0.4, 0.5) is 5.69 Å². The van der Waals surface area contributed by atoms with Crippen molar-refractivity contribution in [1.29, 1.82) is 0 Å². The number of hydrogen-bond acceptors (Lipinski definition) is 6. The van der Waals surface area contributed by atoms with Crippen molar-refractivity contribution < 1.29 is 23.9 Å². The summed E-state index contributed by atoms with van der Waals surface area (Å²) in [7, 11) is 1.14. The van der Waals surface area contributed by atoms with E-state index in [0.717, 1.165) is 21.5 Å². The van der Waals surface area contributed by atoms with E-state index in [2.05, 4.69) is 25.8 Å².